The summed E-state index contributed by atoms with van der Waals surface area (Å²) in [6, 6.07) is 118. The second-order valence-electron chi connectivity index (χ2n) is 30.9. The van der Waals surface area contributed by atoms with Gasteiger partial charge in [-0.25, -0.2) is 0 Å². The van der Waals surface area contributed by atoms with Crippen LogP contribution in [0.5, 0.6) is 0 Å². The number of rotatable bonds is 20. The zero-order chi connectivity index (χ0) is 71.7. The molecular formula is C102H96N4O. The average Bonchev–Trinajstić information content (AvgIpc) is 1.17. The fourth-order valence-electron chi connectivity index (χ4n) is 19.0. The quantitative estimate of drug-likeness (QED) is 0.0712. The zero-order valence-corrected chi connectivity index (χ0v) is 61.7. The Hall–Kier alpha value is -11.1. The molecule has 107 heavy (non-hydrogen) atoms. The summed E-state index contributed by atoms with van der Waals surface area (Å²) in [5.41, 5.74) is 24.6. The van der Waals surface area contributed by atoms with Crippen molar-refractivity contribution < 1.29 is 4.42 Å². The molecule has 0 bridgehead atoms. The molecule has 1 heterocycles. The molecular weight excluding hydrogens is 1300 g/mol. The molecule has 4 saturated carbocycles. The number of aromatic nitrogens is 2. The van der Waals surface area contributed by atoms with E-state index in [1.807, 2.05) is 0 Å². The highest BCUT2D eigenvalue weighted by molar-refractivity contribution is 5.81. The van der Waals surface area contributed by atoms with Crippen molar-refractivity contribution in [3.8, 4) is 22.9 Å². The predicted molar refractivity (Wildman–Crippen MR) is 447 cm³/mol. The largest absolute Gasteiger partial charge is 0.416 e. The van der Waals surface area contributed by atoms with Gasteiger partial charge in [0.15, 0.2) is 0 Å². The fourth-order valence-corrected chi connectivity index (χ4v) is 19.0. The van der Waals surface area contributed by atoms with Crippen molar-refractivity contribution in [1.29, 1.82) is 0 Å². The van der Waals surface area contributed by atoms with Crippen LogP contribution in [0.1, 0.15) is 195 Å². The number of hydrogen-bond acceptors (Lipinski definition) is 5. The Morgan fingerprint density at radius 3 is 0.607 bits per heavy atom. The molecule has 5 nitrogen and oxygen atoms in total. The summed E-state index contributed by atoms with van der Waals surface area (Å²) in [6.07, 6.45) is 33.4. The van der Waals surface area contributed by atoms with E-state index in [1.54, 1.807) is 0 Å². The first-order valence-corrected chi connectivity index (χ1v) is 39.8. The molecule has 13 aromatic rings. The highest BCUT2D eigenvalue weighted by Gasteiger charge is 2.40. The summed E-state index contributed by atoms with van der Waals surface area (Å²) in [5.74, 6) is 0.974. The van der Waals surface area contributed by atoms with Crippen LogP contribution in [0.4, 0.5) is 34.1 Å². The van der Waals surface area contributed by atoms with Gasteiger partial charge in [-0.15, -0.1) is 10.2 Å². The van der Waals surface area contributed by atoms with Crippen LogP contribution < -0.4 is 9.80 Å². The second kappa shape index (κ2) is 31.1. The van der Waals surface area contributed by atoms with Gasteiger partial charge in [0.2, 0.25) is 11.8 Å². The van der Waals surface area contributed by atoms with Crippen LogP contribution in [0.25, 0.3) is 47.2 Å². The molecule has 0 spiro atoms. The Morgan fingerprint density at radius 2 is 0.393 bits per heavy atom. The third-order valence-electron chi connectivity index (χ3n) is 24.8. The Balaban J connectivity index is 0.574. The van der Waals surface area contributed by atoms with Crippen molar-refractivity contribution in [2.45, 2.75) is 150 Å². The Labute approximate surface area is 634 Å². The lowest BCUT2D eigenvalue weighted by molar-refractivity contribution is 0.346. The molecule has 0 unspecified atom stereocenters. The van der Waals surface area contributed by atoms with E-state index in [0.717, 1.165) is 67.5 Å². The van der Waals surface area contributed by atoms with Crippen molar-refractivity contribution >= 4 is 58.4 Å². The maximum Gasteiger partial charge on any atom is 0.248 e. The monoisotopic (exact) mass is 1390 g/mol. The van der Waals surface area contributed by atoms with Gasteiger partial charge in [-0.3, -0.25) is 0 Å². The Kier molecular flexibility index (Phi) is 20.1. The van der Waals surface area contributed by atoms with Gasteiger partial charge in [-0.2, -0.15) is 0 Å². The summed E-state index contributed by atoms with van der Waals surface area (Å²) < 4.78 is 6.34. The molecule has 0 atom stereocenters. The van der Waals surface area contributed by atoms with Crippen molar-refractivity contribution in [3.63, 3.8) is 0 Å². The molecule has 17 rings (SSSR count). The summed E-state index contributed by atoms with van der Waals surface area (Å²) in [6.45, 7) is 0. The molecule has 0 aliphatic heterocycles. The number of anilines is 6. The minimum Gasteiger partial charge on any atom is -0.416 e. The van der Waals surface area contributed by atoms with Crippen LogP contribution in [0.3, 0.4) is 0 Å². The van der Waals surface area contributed by atoms with E-state index in [-0.39, 0.29) is 21.7 Å². The molecule has 12 aromatic carbocycles. The van der Waals surface area contributed by atoms with Gasteiger partial charge in [0.05, 0.1) is 0 Å². The van der Waals surface area contributed by atoms with Crippen molar-refractivity contribution in [2.75, 3.05) is 9.80 Å². The van der Waals surface area contributed by atoms with E-state index < -0.39 is 0 Å². The number of nitrogens with zero attached hydrogens (tertiary/aromatic N) is 4. The van der Waals surface area contributed by atoms with Crippen LogP contribution in [0.15, 0.2) is 320 Å². The van der Waals surface area contributed by atoms with E-state index in [1.165, 1.54) is 173 Å². The predicted octanol–water partition coefficient (Wildman–Crippen LogP) is 27.7. The maximum absolute atomic E-state index is 6.34. The van der Waals surface area contributed by atoms with E-state index in [4.69, 9.17) is 4.42 Å². The van der Waals surface area contributed by atoms with Gasteiger partial charge in [0.1, 0.15) is 0 Å². The topological polar surface area (TPSA) is 45.4 Å². The Bertz CT molecular complexity index is 4550. The number of hydrogen-bond donors (Lipinski definition) is 0. The van der Waals surface area contributed by atoms with Crippen molar-refractivity contribution in [3.05, 3.63) is 382 Å². The molecule has 0 amide bonds. The summed E-state index contributed by atoms with van der Waals surface area (Å²) >= 11 is 0. The van der Waals surface area contributed by atoms with Crippen LogP contribution in [0, 0.1) is 0 Å². The molecule has 0 N–H and O–H groups in total. The van der Waals surface area contributed by atoms with E-state index in [0.29, 0.717) is 11.8 Å². The molecule has 0 saturated heterocycles. The standard InChI is InChI=1S/C102H96N4O/c1-9-25-83(26-10-1)99(69-17-5-18-70-99)87-49-61-93(62-50-87)105(94-63-51-88(52-64-94)100(71-19-6-20-72-100)84-27-11-2-12-28-84)91-57-41-79(42-58-91)35-33-77-37-45-81(46-38-77)97-103-104-98(107-97)82-47-39-78(40-48-82)34-36-80-43-59-92(60-44-80)106(95-65-53-89(54-66-95)101(73-21-7-22-74-101)85-29-13-3-14-30-85)96-67-55-90(56-68-96)102(75-23-8-24-76-102)86-31-15-4-16-32-86/h1-4,9-16,25-68H,5-8,17-24,69-76H2/b35-33+,36-34+. The first-order chi connectivity index (χ1) is 52.9. The summed E-state index contributed by atoms with van der Waals surface area (Å²) in [4.78, 5) is 4.87. The molecule has 5 heteroatoms. The third-order valence-corrected chi connectivity index (χ3v) is 24.8. The summed E-state index contributed by atoms with van der Waals surface area (Å²) in [5, 5.41) is 9.02. The minimum absolute atomic E-state index is 0.0361. The van der Waals surface area contributed by atoms with Gasteiger partial charge >= 0.3 is 0 Å². The van der Waals surface area contributed by atoms with Gasteiger partial charge in [-0.05, 0) is 215 Å². The highest BCUT2D eigenvalue weighted by atomic mass is 16.4. The smallest absolute Gasteiger partial charge is 0.248 e. The van der Waals surface area contributed by atoms with Crippen molar-refractivity contribution in [1.82, 2.24) is 10.2 Å². The Morgan fingerprint density at radius 1 is 0.206 bits per heavy atom. The van der Waals surface area contributed by atoms with Crippen LogP contribution >= 0.6 is 0 Å². The van der Waals surface area contributed by atoms with Gasteiger partial charge in [-0.1, -0.05) is 320 Å². The van der Waals surface area contributed by atoms with Crippen LogP contribution in [-0.2, 0) is 21.7 Å². The summed E-state index contributed by atoms with van der Waals surface area (Å²) in [7, 11) is 0. The van der Waals surface area contributed by atoms with Crippen molar-refractivity contribution in [2.24, 2.45) is 0 Å². The lowest BCUT2D eigenvalue weighted by Crippen LogP contribution is -2.30. The third kappa shape index (κ3) is 14.2. The molecule has 530 valence electrons. The SMILES string of the molecule is C(=C\c1ccc(N(c2ccc(C3(c4ccccc4)CCCCC3)cc2)c2ccc(C3(c4ccccc4)CCCCC3)cc2)cc1)/c1ccc(-c2nnc(-c3ccc(/C=C/c4ccc(N(c5ccc(C6(c7ccccc7)CCCCC6)cc5)c5ccc(C6(c7ccccc7)CCCCC6)cc5)cc4)cc3)o2)cc1. The van der Waals surface area contributed by atoms with Gasteiger partial charge in [0.25, 0.3) is 0 Å². The first kappa shape index (κ1) is 68.9. The zero-order valence-electron chi connectivity index (χ0n) is 61.7. The minimum atomic E-state index is 0.0361. The highest BCUT2D eigenvalue weighted by Crippen LogP contribution is 2.51. The molecule has 4 fully saturated rings. The fraction of sp³-hybridized carbons (Fsp3) is 0.235. The number of benzene rings is 12. The normalized spacial score (nSPS) is 16.8. The molecule has 1 aromatic heterocycles. The molecule has 4 aliphatic carbocycles. The van der Waals surface area contributed by atoms with E-state index in [9.17, 15) is 0 Å². The maximum atomic E-state index is 6.34. The average molecular weight is 1390 g/mol. The molecule has 0 radical (unpaired) electrons. The molecule has 4 aliphatic rings. The lowest BCUT2D eigenvalue weighted by Gasteiger charge is -2.39. The van der Waals surface area contributed by atoms with Gasteiger partial charge < -0.3 is 14.2 Å². The first-order valence-electron chi connectivity index (χ1n) is 39.8. The lowest BCUT2D eigenvalue weighted by atomic mass is 9.65. The van der Waals surface area contributed by atoms with E-state index in [2.05, 4.69) is 360 Å². The van der Waals surface area contributed by atoms with Crippen LogP contribution in [0.2, 0.25) is 0 Å². The van der Waals surface area contributed by atoms with E-state index >= 15 is 0 Å². The second-order valence-corrected chi connectivity index (χ2v) is 30.9. The van der Waals surface area contributed by atoms with Crippen LogP contribution in [-0.4, -0.2) is 10.2 Å². The van der Waals surface area contributed by atoms with Gasteiger partial charge in [0, 0.05) is 66.9 Å².